The van der Waals surface area contributed by atoms with E-state index in [9.17, 15) is 49.1 Å². The quantitative estimate of drug-likeness (QED) is 0.200. The lowest BCUT2D eigenvalue weighted by Crippen LogP contribution is -2.61. The van der Waals surface area contributed by atoms with E-state index in [2.05, 4.69) is 10.6 Å². The van der Waals surface area contributed by atoms with Crippen molar-refractivity contribution in [3.05, 3.63) is 131 Å². The van der Waals surface area contributed by atoms with Crippen LogP contribution in [0.15, 0.2) is 108 Å². The molecule has 0 aromatic heterocycles. The number of alkyl halides is 6. The number of sulfonamides is 1. The lowest BCUT2D eigenvalue weighted by atomic mass is 9.91. The third-order valence-electron chi connectivity index (χ3n) is 8.42. The molecule has 1 heterocycles. The highest BCUT2D eigenvalue weighted by molar-refractivity contribution is 7.89. The zero-order valence-corrected chi connectivity index (χ0v) is 28.2. The molecule has 1 unspecified atom stereocenters. The number of hydrogen-bond acceptors (Lipinski definition) is 5. The first-order chi connectivity index (χ1) is 24.4. The fourth-order valence-electron chi connectivity index (χ4n) is 5.88. The summed E-state index contributed by atoms with van der Waals surface area (Å²) in [4.78, 5) is 39.6. The number of hydrogen-bond donors (Lipinski definition) is 2. The maximum Gasteiger partial charge on any atom is 0.416 e. The number of rotatable bonds is 9. The molecule has 9 nitrogen and oxygen atoms in total. The molecule has 1 fully saturated rings. The molecule has 1 atom stereocenters. The van der Waals surface area contributed by atoms with Crippen LogP contribution in [0.4, 0.5) is 32.0 Å². The summed E-state index contributed by atoms with van der Waals surface area (Å²) in [6.07, 6.45) is -10.4. The normalized spacial score (nSPS) is 15.7. The van der Waals surface area contributed by atoms with Crippen molar-refractivity contribution < 1.29 is 49.1 Å². The number of nitrogens with zero attached hydrogens (tertiary/aromatic N) is 2. The predicted molar refractivity (Wildman–Crippen MR) is 179 cm³/mol. The van der Waals surface area contributed by atoms with Crippen molar-refractivity contribution in [3.63, 3.8) is 0 Å². The van der Waals surface area contributed by atoms with Crippen LogP contribution in [0.1, 0.15) is 45.5 Å². The zero-order valence-electron chi connectivity index (χ0n) is 27.4. The second-order valence-electron chi connectivity index (χ2n) is 12.0. The number of carbonyl (C=O) groups excluding carboxylic acids is 3. The number of nitrogens with one attached hydrogen (secondary N) is 2. The Morgan fingerprint density at radius 1 is 0.769 bits per heavy atom. The second-order valence-corrected chi connectivity index (χ2v) is 13.9. The maximum atomic E-state index is 14.0. The average Bonchev–Trinajstić information content (AvgIpc) is 3.11. The number of piperazine rings is 1. The third kappa shape index (κ3) is 8.80. The van der Waals surface area contributed by atoms with E-state index < -0.39 is 88.4 Å². The predicted octanol–water partition coefficient (Wildman–Crippen LogP) is 6.15. The summed E-state index contributed by atoms with van der Waals surface area (Å²) in [6, 6.07) is 22.1. The Morgan fingerprint density at radius 2 is 1.29 bits per heavy atom. The molecule has 1 saturated heterocycles. The largest absolute Gasteiger partial charge is 0.416 e. The molecular formula is C36H32F6N4O5S. The summed E-state index contributed by atoms with van der Waals surface area (Å²) in [5, 5.41) is 5.27. The van der Waals surface area contributed by atoms with E-state index in [1.807, 2.05) is 36.4 Å². The van der Waals surface area contributed by atoms with Gasteiger partial charge in [-0.15, -0.1) is 0 Å². The molecule has 0 spiro atoms. The summed E-state index contributed by atoms with van der Waals surface area (Å²) in [7, 11) is -4.49. The first-order valence-electron chi connectivity index (χ1n) is 15.8. The highest BCUT2D eigenvalue weighted by Gasteiger charge is 2.43. The van der Waals surface area contributed by atoms with Crippen LogP contribution in [-0.2, 0) is 32.0 Å². The number of benzene rings is 4. The minimum atomic E-state index is -5.21. The lowest BCUT2D eigenvalue weighted by molar-refractivity contribution is -0.143. The van der Waals surface area contributed by atoms with Crippen molar-refractivity contribution in [2.75, 3.05) is 31.5 Å². The first kappa shape index (κ1) is 38.0. The molecule has 2 N–H and O–H groups in total. The van der Waals surface area contributed by atoms with Gasteiger partial charge in [0.15, 0.2) is 0 Å². The van der Waals surface area contributed by atoms with Gasteiger partial charge in [-0.3, -0.25) is 14.4 Å². The van der Waals surface area contributed by atoms with Gasteiger partial charge >= 0.3 is 12.4 Å². The van der Waals surface area contributed by atoms with Crippen molar-refractivity contribution >= 4 is 33.4 Å². The first-order valence-corrected chi connectivity index (χ1v) is 17.2. The molecule has 0 radical (unpaired) electrons. The smallest absolute Gasteiger partial charge is 0.354 e. The van der Waals surface area contributed by atoms with E-state index in [1.165, 1.54) is 31.2 Å². The Bertz CT molecular complexity index is 1950. The van der Waals surface area contributed by atoms with Crippen LogP contribution in [0.2, 0.25) is 0 Å². The van der Waals surface area contributed by atoms with Gasteiger partial charge in [-0.2, -0.15) is 30.6 Å². The van der Waals surface area contributed by atoms with Crippen molar-refractivity contribution in [1.82, 2.24) is 14.5 Å². The van der Waals surface area contributed by atoms with Gasteiger partial charge in [0.05, 0.1) is 16.0 Å². The monoisotopic (exact) mass is 746 g/mol. The Kier molecular flexibility index (Phi) is 11.1. The fraction of sp³-hybridized carbons (Fsp3) is 0.250. The van der Waals surface area contributed by atoms with Gasteiger partial charge in [0.2, 0.25) is 21.8 Å². The third-order valence-corrected chi connectivity index (χ3v) is 10.3. The highest BCUT2D eigenvalue weighted by atomic mass is 32.2. The zero-order chi connectivity index (χ0) is 37.8. The SMILES string of the molecule is CC(=O)Nc1ccc(S(=O)(=O)N2CCN(C(=O)c3cc(C(F)(F)F)cc(C(F)(F)F)c3)CC2C(=O)NCC(c2ccccc2)c2ccccc2)cc1. The molecule has 274 valence electrons. The Labute approximate surface area is 295 Å². The van der Waals surface area contributed by atoms with E-state index in [4.69, 9.17) is 0 Å². The van der Waals surface area contributed by atoms with Crippen molar-refractivity contribution in [2.45, 2.75) is 36.1 Å². The molecule has 4 aromatic rings. The van der Waals surface area contributed by atoms with Crippen LogP contribution in [0.5, 0.6) is 0 Å². The van der Waals surface area contributed by atoms with E-state index in [0.717, 1.165) is 20.3 Å². The molecule has 0 bridgehead atoms. The molecule has 1 aliphatic heterocycles. The summed E-state index contributed by atoms with van der Waals surface area (Å²) in [5.41, 5.74) is -2.39. The van der Waals surface area contributed by atoms with Gasteiger partial charge in [0.25, 0.3) is 5.91 Å². The second kappa shape index (κ2) is 15.2. The number of halogens is 6. The molecule has 52 heavy (non-hydrogen) atoms. The van der Waals surface area contributed by atoms with Crippen LogP contribution in [0.3, 0.4) is 0 Å². The lowest BCUT2D eigenvalue weighted by Gasteiger charge is -2.40. The highest BCUT2D eigenvalue weighted by Crippen LogP contribution is 2.37. The Hall–Kier alpha value is -5.22. The number of amides is 3. The molecule has 3 amide bonds. The molecule has 4 aromatic carbocycles. The minimum absolute atomic E-state index is 0.0286. The molecule has 16 heteroatoms. The van der Waals surface area contributed by atoms with Crippen LogP contribution in [0, 0.1) is 0 Å². The molecule has 5 rings (SSSR count). The van der Waals surface area contributed by atoms with Crippen molar-refractivity contribution in [1.29, 1.82) is 0 Å². The van der Waals surface area contributed by atoms with Gasteiger partial charge in [0.1, 0.15) is 6.04 Å². The standard InChI is InChI=1S/C36H32F6N4O5S/c1-23(47)44-29-12-14-30(15-13-29)52(50,51)46-17-16-45(34(49)26-18-27(35(37,38)39)20-28(19-26)36(40,41)42)22-32(46)33(48)43-21-31(24-8-4-2-5-9-24)25-10-6-3-7-11-25/h2-15,18-20,31-32H,16-17,21-22H2,1H3,(H,43,48)(H,44,47). The van der Waals surface area contributed by atoms with Gasteiger partial charge in [-0.05, 0) is 53.6 Å². The molecule has 0 aliphatic carbocycles. The van der Waals surface area contributed by atoms with Crippen molar-refractivity contribution in [2.24, 2.45) is 0 Å². The van der Waals surface area contributed by atoms with E-state index >= 15 is 0 Å². The molecule has 0 saturated carbocycles. The van der Waals surface area contributed by atoms with E-state index in [1.54, 1.807) is 24.3 Å². The van der Waals surface area contributed by atoms with Crippen LogP contribution in [0.25, 0.3) is 0 Å². The van der Waals surface area contributed by atoms with Gasteiger partial charge in [-0.25, -0.2) is 8.42 Å². The van der Waals surface area contributed by atoms with Crippen LogP contribution in [-0.4, -0.2) is 67.6 Å². The maximum absolute atomic E-state index is 14.0. The van der Waals surface area contributed by atoms with Crippen molar-refractivity contribution in [3.8, 4) is 0 Å². The fourth-order valence-corrected chi connectivity index (χ4v) is 7.45. The van der Waals surface area contributed by atoms with Crippen LogP contribution < -0.4 is 10.6 Å². The topological polar surface area (TPSA) is 116 Å². The Balaban J connectivity index is 1.49. The summed E-state index contributed by atoms with van der Waals surface area (Å²) >= 11 is 0. The van der Waals surface area contributed by atoms with Gasteiger partial charge in [0, 0.05) is 50.3 Å². The van der Waals surface area contributed by atoms with E-state index in [0.29, 0.717) is 5.69 Å². The summed E-state index contributed by atoms with van der Waals surface area (Å²) < 4.78 is 110. The molecular weight excluding hydrogens is 714 g/mol. The Morgan fingerprint density at radius 3 is 1.77 bits per heavy atom. The summed E-state index contributed by atoms with van der Waals surface area (Å²) in [6.45, 7) is -0.435. The number of anilines is 1. The average molecular weight is 747 g/mol. The van der Waals surface area contributed by atoms with Gasteiger partial charge < -0.3 is 15.5 Å². The number of carbonyl (C=O) groups is 3. The minimum Gasteiger partial charge on any atom is -0.354 e. The van der Waals surface area contributed by atoms with Crippen LogP contribution >= 0.6 is 0 Å². The van der Waals surface area contributed by atoms with E-state index in [-0.39, 0.29) is 29.6 Å². The van der Waals surface area contributed by atoms with Gasteiger partial charge in [-0.1, -0.05) is 60.7 Å². The molecule has 1 aliphatic rings. The summed E-state index contributed by atoms with van der Waals surface area (Å²) in [5.74, 6) is -2.91.